The number of carbonyl (C=O) groups is 1. The summed E-state index contributed by atoms with van der Waals surface area (Å²) in [7, 11) is 0. The third-order valence-corrected chi connectivity index (χ3v) is 4.70. The molecule has 2 heterocycles. The predicted molar refractivity (Wildman–Crippen MR) is 87.0 cm³/mol. The van der Waals surface area contributed by atoms with Crippen molar-refractivity contribution in [3.8, 4) is 11.5 Å². The number of anilines is 1. The lowest BCUT2D eigenvalue weighted by molar-refractivity contribution is -0.127. The Kier molecular flexibility index (Phi) is 2.89. The van der Waals surface area contributed by atoms with Crippen molar-refractivity contribution < 1.29 is 14.3 Å². The van der Waals surface area contributed by atoms with Gasteiger partial charge in [-0.2, -0.15) is 0 Å². The molecule has 0 amide bonds. The highest BCUT2D eigenvalue weighted by Gasteiger charge is 2.48. The fraction of sp³-hybridized carbons (Fsp3) is 0.611. The van der Waals surface area contributed by atoms with E-state index < -0.39 is 11.0 Å². The molecule has 4 heteroatoms. The largest absolute Gasteiger partial charge is 0.453 e. The molecule has 0 bridgehead atoms. The molecule has 4 nitrogen and oxygen atoms in total. The van der Waals surface area contributed by atoms with Gasteiger partial charge < -0.3 is 14.8 Å². The van der Waals surface area contributed by atoms with Gasteiger partial charge in [-0.3, -0.25) is 4.79 Å². The molecule has 0 fully saturated rings. The van der Waals surface area contributed by atoms with Crippen LogP contribution in [0.4, 0.5) is 5.69 Å². The third-order valence-electron chi connectivity index (χ3n) is 4.70. The van der Waals surface area contributed by atoms with Crippen molar-refractivity contribution >= 4 is 11.5 Å². The van der Waals surface area contributed by atoms with Crippen molar-refractivity contribution in [3.05, 3.63) is 17.2 Å². The summed E-state index contributed by atoms with van der Waals surface area (Å²) >= 11 is 0. The highest BCUT2D eigenvalue weighted by molar-refractivity contribution is 6.04. The van der Waals surface area contributed by atoms with Crippen LogP contribution in [0.5, 0.6) is 11.5 Å². The van der Waals surface area contributed by atoms with Gasteiger partial charge >= 0.3 is 0 Å². The molecule has 0 spiro atoms. The zero-order chi connectivity index (χ0) is 16.5. The maximum absolute atomic E-state index is 12.9. The van der Waals surface area contributed by atoms with Crippen LogP contribution in [0.2, 0.25) is 0 Å². The number of hydrogen-bond acceptors (Lipinski definition) is 4. The molecule has 0 aromatic heterocycles. The molecule has 1 aromatic rings. The number of fused-ring (bicyclic) bond motifs is 3. The van der Waals surface area contributed by atoms with Crippen molar-refractivity contribution in [2.75, 3.05) is 12.1 Å². The van der Waals surface area contributed by atoms with Crippen LogP contribution in [0, 0.1) is 0 Å². The fourth-order valence-electron chi connectivity index (χ4n) is 3.52. The number of nitrogens with one attached hydrogen (secondary N) is 1. The molecule has 22 heavy (non-hydrogen) atoms. The zero-order valence-electron chi connectivity index (χ0n) is 14.5. The number of ketones is 1. The summed E-state index contributed by atoms with van der Waals surface area (Å²) < 4.78 is 11.5. The van der Waals surface area contributed by atoms with Crippen molar-refractivity contribution in [3.63, 3.8) is 0 Å². The lowest BCUT2D eigenvalue weighted by Crippen LogP contribution is -2.53. The Hall–Kier alpha value is -1.71. The van der Waals surface area contributed by atoms with Gasteiger partial charge in [-0.05, 0) is 44.7 Å². The van der Waals surface area contributed by atoms with E-state index in [0.717, 1.165) is 28.3 Å². The maximum Gasteiger partial charge on any atom is 0.231 e. The minimum Gasteiger partial charge on any atom is -0.453 e. The molecular formula is C18H25NO3. The zero-order valence-corrected chi connectivity index (χ0v) is 14.5. The lowest BCUT2D eigenvalue weighted by atomic mass is 9.68. The Balaban J connectivity index is 2.34. The smallest absolute Gasteiger partial charge is 0.231 e. The third kappa shape index (κ3) is 1.93. The van der Waals surface area contributed by atoms with Crippen LogP contribution >= 0.6 is 0 Å². The molecule has 0 unspecified atom stereocenters. The molecule has 0 aliphatic carbocycles. The van der Waals surface area contributed by atoms with Crippen LogP contribution in [0.3, 0.4) is 0 Å². The van der Waals surface area contributed by atoms with Gasteiger partial charge in [0.2, 0.25) is 6.79 Å². The van der Waals surface area contributed by atoms with E-state index in [9.17, 15) is 4.79 Å². The van der Waals surface area contributed by atoms with E-state index >= 15 is 0 Å². The van der Waals surface area contributed by atoms with Gasteiger partial charge in [0.1, 0.15) is 0 Å². The first-order chi connectivity index (χ1) is 9.96. The summed E-state index contributed by atoms with van der Waals surface area (Å²) in [6.45, 7) is 14.5. The first-order valence-electron chi connectivity index (χ1n) is 7.77. The maximum atomic E-state index is 12.9. The minimum atomic E-state index is -0.626. The second kappa shape index (κ2) is 4.18. The van der Waals surface area contributed by atoms with Gasteiger partial charge in [0.25, 0.3) is 0 Å². The van der Waals surface area contributed by atoms with E-state index in [-0.39, 0.29) is 18.0 Å². The number of carbonyl (C=O) groups excluding carboxylic acids is 1. The summed E-state index contributed by atoms with van der Waals surface area (Å²) in [6.07, 6.45) is 0. The predicted octanol–water partition coefficient (Wildman–Crippen LogP) is 3.76. The second-order valence-corrected chi connectivity index (χ2v) is 8.37. The summed E-state index contributed by atoms with van der Waals surface area (Å²) in [5.41, 5.74) is 1.70. The van der Waals surface area contributed by atoms with Crippen molar-refractivity contribution in [2.24, 2.45) is 0 Å². The molecular weight excluding hydrogens is 278 g/mol. The molecule has 0 atom stereocenters. The topological polar surface area (TPSA) is 47.6 Å². The molecule has 120 valence electrons. The van der Waals surface area contributed by atoms with Crippen LogP contribution in [0.1, 0.15) is 59.6 Å². The first-order valence-corrected chi connectivity index (χ1v) is 7.77. The van der Waals surface area contributed by atoms with Crippen molar-refractivity contribution in [1.82, 2.24) is 0 Å². The lowest BCUT2D eigenvalue weighted by Gasteiger charge is -2.42. The Morgan fingerprint density at radius 2 is 1.68 bits per heavy atom. The minimum absolute atomic E-state index is 0.0844. The Morgan fingerprint density at radius 3 is 2.27 bits per heavy atom. The summed E-state index contributed by atoms with van der Waals surface area (Å²) in [4.78, 5) is 12.9. The standard InChI is InChI=1S/C18H25NO3/c1-16(2,3)11-8-10-12(14-13(11)21-9-22-14)19-18(6,7)15(20)17(10,4)5/h8,19H,9H2,1-7H3. The summed E-state index contributed by atoms with van der Waals surface area (Å²) in [5.74, 6) is 1.74. The van der Waals surface area contributed by atoms with Crippen LogP contribution in [0.15, 0.2) is 6.07 Å². The number of ether oxygens (including phenoxy) is 2. The molecule has 1 aromatic carbocycles. The van der Waals surface area contributed by atoms with Gasteiger partial charge in [0.15, 0.2) is 17.3 Å². The molecule has 0 saturated heterocycles. The quantitative estimate of drug-likeness (QED) is 0.792. The second-order valence-electron chi connectivity index (χ2n) is 8.37. The van der Waals surface area contributed by atoms with Gasteiger partial charge in [0, 0.05) is 5.56 Å². The molecule has 2 aliphatic rings. The van der Waals surface area contributed by atoms with E-state index in [4.69, 9.17) is 9.47 Å². The van der Waals surface area contributed by atoms with Crippen LogP contribution in [0.25, 0.3) is 0 Å². The highest BCUT2D eigenvalue weighted by atomic mass is 16.7. The normalized spacial score (nSPS) is 21.3. The monoisotopic (exact) mass is 303 g/mol. The van der Waals surface area contributed by atoms with E-state index in [1.54, 1.807) is 0 Å². The van der Waals surface area contributed by atoms with Crippen LogP contribution in [-0.4, -0.2) is 18.1 Å². The van der Waals surface area contributed by atoms with Crippen molar-refractivity contribution in [1.29, 1.82) is 0 Å². The van der Waals surface area contributed by atoms with Gasteiger partial charge in [-0.25, -0.2) is 0 Å². The van der Waals surface area contributed by atoms with E-state index in [2.05, 4.69) is 32.2 Å². The highest BCUT2D eigenvalue weighted by Crippen LogP contribution is 2.53. The van der Waals surface area contributed by atoms with Gasteiger partial charge in [0.05, 0.1) is 16.6 Å². The average Bonchev–Trinajstić information content (AvgIpc) is 2.83. The van der Waals surface area contributed by atoms with E-state index in [0.29, 0.717) is 0 Å². The average molecular weight is 303 g/mol. The number of benzene rings is 1. The summed E-state index contributed by atoms with van der Waals surface area (Å²) in [6, 6.07) is 2.11. The number of Topliss-reactive ketones (excluding diaryl/α,β-unsaturated/α-hetero) is 1. The Bertz CT molecular complexity index is 666. The number of rotatable bonds is 0. The van der Waals surface area contributed by atoms with Gasteiger partial charge in [-0.1, -0.05) is 20.8 Å². The van der Waals surface area contributed by atoms with E-state index in [1.807, 2.05) is 27.7 Å². The van der Waals surface area contributed by atoms with E-state index in [1.165, 1.54) is 0 Å². The first kappa shape index (κ1) is 15.2. The Labute approximate surface area is 132 Å². The van der Waals surface area contributed by atoms with Crippen molar-refractivity contribution in [2.45, 2.75) is 64.8 Å². The molecule has 0 saturated carbocycles. The van der Waals surface area contributed by atoms with Crippen LogP contribution < -0.4 is 14.8 Å². The SMILES string of the molecule is CC1(C)Nc2c(cc(C(C)(C)C)c3c2OCO3)C(C)(C)C1=O. The molecule has 1 N–H and O–H groups in total. The molecule has 2 aliphatic heterocycles. The molecule has 0 radical (unpaired) electrons. The fourth-order valence-corrected chi connectivity index (χ4v) is 3.52. The van der Waals surface area contributed by atoms with Gasteiger partial charge in [-0.15, -0.1) is 0 Å². The number of hydrogen-bond donors (Lipinski definition) is 1. The Morgan fingerprint density at radius 1 is 1.09 bits per heavy atom. The molecule has 3 rings (SSSR count). The van der Waals surface area contributed by atoms with Crippen LogP contribution in [-0.2, 0) is 15.6 Å². The summed E-state index contributed by atoms with van der Waals surface area (Å²) in [5, 5.41) is 3.37.